The fourth-order valence-electron chi connectivity index (χ4n) is 7.05. The molecule has 0 spiro atoms. The Morgan fingerprint density at radius 2 is 0.930 bits per heavy atom. The number of hydrogen-bond acceptors (Lipinski definition) is 5. The van der Waals surface area contributed by atoms with E-state index in [0.717, 1.165) is 77.0 Å². The molecule has 0 heterocycles. The molecule has 3 N–H and O–H groups in total. The zero-order chi connectivity index (χ0) is 41.7. The summed E-state index contributed by atoms with van der Waals surface area (Å²) in [6.07, 6.45) is 54.2. The second-order valence-electron chi connectivity index (χ2n) is 16.3. The Labute approximate surface area is 352 Å². The van der Waals surface area contributed by atoms with E-state index in [4.69, 9.17) is 4.74 Å². The summed E-state index contributed by atoms with van der Waals surface area (Å²) >= 11 is 0. The summed E-state index contributed by atoms with van der Waals surface area (Å²) in [5.74, 6) is -0.503. The Hall–Kier alpha value is -2.44. The molecule has 0 aromatic carbocycles. The van der Waals surface area contributed by atoms with Gasteiger partial charge in [-0.2, -0.15) is 0 Å². The number of rotatable bonds is 42. The van der Waals surface area contributed by atoms with E-state index in [9.17, 15) is 19.8 Å². The lowest BCUT2D eigenvalue weighted by atomic mass is 10.0. The molecule has 0 fully saturated rings. The van der Waals surface area contributed by atoms with Gasteiger partial charge < -0.3 is 20.3 Å². The molecule has 0 bridgehead atoms. The van der Waals surface area contributed by atoms with Crippen LogP contribution in [-0.4, -0.2) is 46.9 Å². The van der Waals surface area contributed by atoms with Crippen molar-refractivity contribution in [3.05, 3.63) is 60.8 Å². The number of unbranched alkanes of at least 4 members (excludes halogenated alkanes) is 24. The van der Waals surface area contributed by atoms with Gasteiger partial charge in [0.05, 0.1) is 25.2 Å². The highest BCUT2D eigenvalue weighted by atomic mass is 16.5. The molecule has 0 rings (SSSR count). The highest BCUT2D eigenvalue weighted by Crippen LogP contribution is 2.18. The average molecular weight is 798 g/mol. The SMILES string of the molecule is CCC/C=C/C=C/C=C/C=C/C=C/CCCCCCCC(=O)OC(CCCCCCCCCCCCC)CC(=O)NC(CO)C(O)CCCCCCCCCCC. The van der Waals surface area contributed by atoms with Crippen LogP contribution in [0, 0.1) is 0 Å². The second kappa shape index (κ2) is 44.7. The summed E-state index contributed by atoms with van der Waals surface area (Å²) < 4.78 is 5.90. The number of carbonyl (C=O) groups excluding carboxylic acids is 2. The van der Waals surface area contributed by atoms with Crippen LogP contribution in [0.1, 0.15) is 226 Å². The summed E-state index contributed by atoms with van der Waals surface area (Å²) in [4.78, 5) is 26.0. The molecule has 0 aromatic rings. The van der Waals surface area contributed by atoms with Gasteiger partial charge in [0.1, 0.15) is 6.10 Å². The average Bonchev–Trinajstić information content (AvgIpc) is 3.20. The van der Waals surface area contributed by atoms with Crippen LogP contribution in [-0.2, 0) is 14.3 Å². The highest BCUT2D eigenvalue weighted by Gasteiger charge is 2.24. The second-order valence-corrected chi connectivity index (χ2v) is 16.3. The van der Waals surface area contributed by atoms with E-state index >= 15 is 0 Å². The Morgan fingerprint density at radius 3 is 1.42 bits per heavy atom. The van der Waals surface area contributed by atoms with Crippen LogP contribution in [0.25, 0.3) is 0 Å². The number of esters is 1. The minimum Gasteiger partial charge on any atom is -0.462 e. The number of carbonyl (C=O) groups is 2. The first-order chi connectivity index (χ1) is 28.0. The van der Waals surface area contributed by atoms with Gasteiger partial charge in [-0.05, 0) is 44.9 Å². The minimum atomic E-state index is -0.790. The van der Waals surface area contributed by atoms with Gasteiger partial charge >= 0.3 is 5.97 Å². The third kappa shape index (κ3) is 40.1. The van der Waals surface area contributed by atoms with Crippen LogP contribution in [0.3, 0.4) is 0 Å². The molecule has 0 aromatic heterocycles. The maximum atomic E-state index is 13.1. The van der Waals surface area contributed by atoms with E-state index in [1.807, 2.05) is 24.3 Å². The molecule has 1 amide bonds. The van der Waals surface area contributed by atoms with E-state index in [1.165, 1.54) is 103 Å². The van der Waals surface area contributed by atoms with Crippen molar-refractivity contribution in [1.29, 1.82) is 0 Å². The van der Waals surface area contributed by atoms with Crippen molar-refractivity contribution in [1.82, 2.24) is 5.32 Å². The summed E-state index contributed by atoms with van der Waals surface area (Å²) in [5.41, 5.74) is 0. The summed E-state index contributed by atoms with van der Waals surface area (Å²) in [7, 11) is 0. The van der Waals surface area contributed by atoms with Crippen molar-refractivity contribution < 1.29 is 24.5 Å². The fourth-order valence-corrected chi connectivity index (χ4v) is 7.05. The molecule has 330 valence electrons. The summed E-state index contributed by atoms with van der Waals surface area (Å²) in [5, 5.41) is 23.6. The van der Waals surface area contributed by atoms with Crippen molar-refractivity contribution in [3.63, 3.8) is 0 Å². The highest BCUT2D eigenvalue weighted by molar-refractivity contribution is 5.77. The number of ether oxygens (including phenoxy) is 1. The predicted octanol–water partition coefficient (Wildman–Crippen LogP) is 14.1. The Balaban J connectivity index is 4.60. The van der Waals surface area contributed by atoms with Gasteiger partial charge in [0.15, 0.2) is 0 Å². The molecule has 0 aliphatic heterocycles. The molecule has 6 nitrogen and oxygen atoms in total. The first-order valence-corrected chi connectivity index (χ1v) is 24.1. The van der Waals surface area contributed by atoms with Crippen molar-refractivity contribution in [3.8, 4) is 0 Å². The third-order valence-corrected chi connectivity index (χ3v) is 10.7. The third-order valence-electron chi connectivity index (χ3n) is 10.7. The Kier molecular flexibility index (Phi) is 42.7. The quantitative estimate of drug-likeness (QED) is 0.0325. The number of aliphatic hydroxyl groups is 2. The summed E-state index contributed by atoms with van der Waals surface area (Å²) in [6, 6.07) is -0.704. The van der Waals surface area contributed by atoms with Gasteiger partial charge in [0, 0.05) is 6.42 Å². The first-order valence-electron chi connectivity index (χ1n) is 24.1. The Morgan fingerprint density at radius 1 is 0.509 bits per heavy atom. The molecular weight excluding hydrogens is 707 g/mol. The van der Waals surface area contributed by atoms with Crippen LogP contribution in [0.4, 0.5) is 0 Å². The van der Waals surface area contributed by atoms with Gasteiger partial charge in [-0.25, -0.2) is 0 Å². The van der Waals surface area contributed by atoms with Crippen molar-refractivity contribution >= 4 is 11.9 Å². The molecule has 0 aliphatic carbocycles. The van der Waals surface area contributed by atoms with Crippen molar-refractivity contribution in [2.24, 2.45) is 0 Å². The van der Waals surface area contributed by atoms with Gasteiger partial charge in [-0.15, -0.1) is 0 Å². The van der Waals surface area contributed by atoms with E-state index in [1.54, 1.807) is 0 Å². The number of amides is 1. The molecular formula is C51H91NO5. The number of hydrogen-bond donors (Lipinski definition) is 3. The largest absolute Gasteiger partial charge is 0.462 e. The van der Waals surface area contributed by atoms with Gasteiger partial charge in [-0.1, -0.05) is 229 Å². The zero-order valence-corrected chi connectivity index (χ0v) is 37.5. The first kappa shape index (κ1) is 54.6. The molecule has 57 heavy (non-hydrogen) atoms. The number of nitrogens with one attached hydrogen (secondary N) is 1. The lowest BCUT2D eigenvalue weighted by Gasteiger charge is -2.24. The van der Waals surface area contributed by atoms with E-state index < -0.39 is 18.2 Å². The van der Waals surface area contributed by atoms with E-state index in [0.29, 0.717) is 19.3 Å². The van der Waals surface area contributed by atoms with Crippen LogP contribution >= 0.6 is 0 Å². The predicted molar refractivity (Wildman–Crippen MR) is 245 cm³/mol. The van der Waals surface area contributed by atoms with Crippen LogP contribution in [0.5, 0.6) is 0 Å². The Bertz CT molecular complexity index is 1030. The van der Waals surface area contributed by atoms with E-state index in [-0.39, 0.29) is 24.9 Å². The van der Waals surface area contributed by atoms with Gasteiger partial charge in [0.25, 0.3) is 0 Å². The van der Waals surface area contributed by atoms with Crippen LogP contribution in [0.2, 0.25) is 0 Å². The number of allylic oxidation sites excluding steroid dienone is 10. The topological polar surface area (TPSA) is 95.9 Å². The molecule has 0 saturated heterocycles. The lowest BCUT2D eigenvalue weighted by Crippen LogP contribution is -2.46. The lowest BCUT2D eigenvalue weighted by molar-refractivity contribution is -0.151. The molecule has 0 aliphatic rings. The maximum Gasteiger partial charge on any atom is 0.306 e. The maximum absolute atomic E-state index is 13.1. The van der Waals surface area contributed by atoms with Crippen molar-refractivity contribution in [2.75, 3.05) is 6.61 Å². The summed E-state index contributed by atoms with van der Waals surface area (Å²) in [6.45, 7) is 6.36. The molecule has 3 unspecified atom stereocenters. The fraction of sp³-hybridized carbons (Fsp3) is 0.765. The smallest absolute Gasteiger partial charge is 0.306 e. The molecule has 6 heteroatoms. The van der Waals surface area contributed by atoms with Crippen LogP contribution in [0.15, 0.2) is 60.8 Å². The normalized spacial score (nSPS) is 13.8. The monoisotopic (exact) mass is 798 g/mol. The molecule has 3 atom stereocenters. The van der Waals surface area contributed by atoms with Gasteiger partial charge in [0.2, 0.25) is 5.91 Å². The molecule has 0 radical (unpaired) electrons. The van der Waals surface area contributed by atoms with Crippen molar-refractivity contribution in [2.45, 2.75) is 244 Å². The standard InChI is InChI=1S/C51H91NO5/c1-4-7-10-13-16-19-21-22-23-24-25-26-27-29-32-35-38-41-44-51(56)57-47(42-39-36-33-31-28-20-17-14-11-8-5-2)45-50(55)52-48(46-53)49(54)43-40-37-34-30-18-15-12-9-6-3/h10,13,16,19,21-26,47-49,53-54H,4-9,11-12,14-15,17-18,20,27-46H2,1-3H3,(H,52,55)/b13-10+,19-16+,22-21+,24-23+,26-25+. The minimum absolute atomic E-state index is 0.0670. The van der Waals surface area contributed by atoms with Gasteiger partial charge in [-0.3, -0.25) is 9.59 Å². The van der Waals surface area contributed by atoms with Crippen LogP contribution < -0.4 is 5.32 Å². The zero-order valence-electron chi connectivity index (χ0n) is 37.5. The molecule has 0 saturated carbocycles. The number of aliphatic hydroxyl groups excluding tert-OH is 2. The van der Waals surface area contributed by atoms with E-state index in [2.05, 4.69) is 62.5 Å².